The van der Waals surface area contributed by atoms with E-state index in [1.165, 1.54) is 4.90 Å². The minimum absolute atomic E-state index is 0.0879. The number of carboxylic acid groups (broad SMARTS) is 1. The van der Waals surface area contributed by atoms with Crippen molar-refractivity contribution in [2.45, 2.75) is 56.5 Å². The van der Waals surface area contributed by atoms with Crippen molar-refractivity contribution in [1.82, 2.24) is 15.5 Å². The van der Waals surface area contributed by atoms with E-state index in [0.29, 0.717) is 18.9 Å². The van der Waals surface area contributed by atoms with Gasteiger partial charge in [0.25, 0.3) is 0 Å². The first-order valence-electron chi connectivity index (χ1n) is 9.95. The second kappa shape index (κ2) is 7.35. The van der Waals surface area contributed by atoms with E-state index in [4.69, 9.17) is 0 Å². The topological polar surface area (TPSA) is 119 Å². The van der Waals surface area contributed by atoms with Gasteiger partial charge >= 0.3 is 5.97 Å². The lowest BCUT2D eigenvalue weighted by Gasteiger charge is -2.46. The lowest BCUT2D eigenvalue weighted by molar-refractivity contribution is -0.163. The number of aliphatic hydroxyl groups excluding tert-OH is 1. The molecule has 4 aliphatic heterocycles. The first kappa shape index (κ1) is 19.7. The Hall–Kier alpha value is -1.58. The van der Waals surface area contributed by atoms with Gasteiger partial charge in [-0.15, -0.1) is 11.8 Å². The maximum absolute atomic E-state index is 12.4. The van der Waals surface area contributed by atoms with Crippen molar-refractivity contribution < 1.29 is 24.6 Å². The molecular weight excluding hydrogens is 382 g/mol. The molecule has 0 saturated carbocycles. The number of hydrogen-bond donors (Lipinski definition) is 4. The lowest BCUT2D eigenvalue weighted by atomic mass is 9.79. The number of nitrogens with zero attached hydrogens (tertiary/aromatic N) is 1. The molecule has 4 heterocycles. The second-order valence-corrected chi connectivity index (χ2v) is 9.71. The van der Waals surface area contributed by atoms with Crippen LogP contribution in [0.2, 0.25) is 0 Å². The summed E-state index contributed by atoms with van der Waals surface area (Å²) in [4.78, 5) is 38.1. The number of hydrogen-bond acceptors (Lipinski definition) is 6. The summed E-state index contributed by atoms with van der Waals surface area (Å²) < 4.78 is 0. The number of rotatable bonds is 5. The Morgan fingerprint density at radius 2 is 2.11 bits per heavy atom. The Labute approximate surface area is 168 Å². The molecule has 0 aliphatic carbocycles. The molecule has 0 aromatic carbocycles. The molecule has 7 atom stereocenters. The van der Waals surface area contributed by atoms with Crippen LogP contribution in [0, 0.1) is 17.8 Å². The van der Waals surface area contributed by atoms with Crippen LogP contribution in [0.4, 0.5) is 0 Å². The first-order valence-corrected chi connectivity index (χ1v) is 10.8. The van der Waals surface area contributed by atoms with Crippen LogP contribution in [0.1, 0.15) is 33.1 Å². The highest BCUT2D eigenvalue weighted by Gasteiger charge is 2.60. The monoisotopic (exact) mass is 409 g/mol. The molecule has 0 bridgehead atoms. The fourth-order valence-corrected chi connectivity index (χ4v) is 6.69. The first-order chi connectivity index (χ1) is 13.3. The number of amides is 2. The van der Waals surface area contributed by atoms with Crippen LogP contribution in [0.3, 0.4) is 0 Å². The second-order valence-electron chi connectivity index (χ2n) is 8.37. The molecule has 0 radical (unpaired) electrons. The number of nitrogens with one attached hydrogen (secondary N) is 2. The number of β-lactam (4-membered cyclic amide) rings is 1. The molecule has 0 spiro atoms. The summed E-state index contributed by atoms with van der Waals surface area (Å²) >= 11 is 1.55. The summed E-state index contributed by atoms with van der Waals surface area (Å²) in [5, 5.41) is 26.3. The number of aliphatic carboxylic acids is 1. The third kappa shape index (κ3) is 3.13. The van der Waals surface area contributed by atoms with Crippen molar-refractivity contribution in [1.29, 1.82) is 0 Å². The van der Waals surface area contributed by atoms with Gasteiger partial charge in [-0.2, -0.15) is 0 Å². The van der Waals surface area contributed by atoms with Crippen LogP contribution < -0.4 is 10.6 Å². The highest BCUT2D eigenvalue weighted by atomic mass is 32.2. The largest absolute Gasteiger partial charge is 0.477 e. The molecule has 154 valence electrons. The van der Waals surface area contributed by atoms with Gasteiger partial charge in [0.1, 0.15) is 5.70 Å². The highest BCUT2D eigenvalue weighted by molar-refractivity contribution is 8.03. The number of thioether (sulfide) groups is 1. The highest BCUT2D eigenvalue weighted by Crippen LogP contribution is 2.52. The molecule has 3 saturated heterocycles. The van der Waals surface area contributed by atoms with Crippen LogP contribution in [-0.4, -0.2) is 69.4 Å². The Balaban J connectivity index is 1.47. The normalized spacial score (nSPS) is 38.9. The Morgan fingerprint density at radius 1 is 1.36 bits per heavy atom. The van der Waals surface area contributed by atoms with E-state index in [1.807, 2.05) is 6.92 Å². The fraction of sp³-hybridized carbons (Fsp3) is 0.737. The lowest BCUT2D eigenvalue weighted by Crippen LogP contribution is -2.63. The van der Waals surface area contributed by atoms with Crippen LogP contribution in [0.25, 0.3) is 0 Å². The van der Waals surface area contributed by atoms with Gasteiger partial charge in [-0.25, -0.2) is 4.79 Å². The van der Waals surface area contributed by atoms with Crippen molar-refractivity contribution in [3.05, 3.63) is 10.6 Å². The molecule has 8 nitrogen and oxygen atoms in total. The van der Waals surface area contributed by atoms with Crippen LogP contribution in [0.5, 0.6) is 0 Å². The summed E-state index contributed by atoms with van der Waals surface area (Å²) in [5.41, 5.74) is 0.0879. The third-order valence-electron chi connectivity index (χ3n) is 6.58. The van der Waals surface area contributed by atoms with Crippen molar-refractivity contribution in [3.63, 3.8) is 0 Å². The van der Waals surface area contributed by atoms with Crippen LogP contribution >= 0.6 is 11.8 Å². The van der Waals surface area contributed by atoms with Crippen molar-refractivity contribution in [2.75, 3.05) is 13.1 Å². The van der Waals surface area contributed by atoms with Gasteiger partial charge in [-0.05, 0) is 25.7 Å². The van der Waals surface area contributed by atoms with E-state index in [1.54, 1.807) is 18.7 Å². The van der Waals surface area contributed by atoms with E-state index in [2.05, 4.69) is 10.6 Å². The number of carbonyl (C=O) groups excluding carboxylic acids is 2. The van der Waals surface area contributed by atoms with Gasteiger partial charge in [0, 0.05) is 41.6 Å². The van der Waals surface area contributed by atoms with E-state index in [9.17, 15) is 24.6 Å². The van der Waals surface area contributed by atoms with Gasteiger partial charge in [0.15, 0.2) is 0 Å². The molecule has 2 amide bonds. The van der Waals surface area contributed by atoms with E-state index >= 15 is 0 Å². The number of fused-ring (bicyclic) bond motifs is 1. The van der Waals surface area contributed by atoms with Crippen LogP contribution in [-0.2, 0) is 14.4 Å². The standard InChI is InChI=1S/C19H27N3O5S/c1-8-15-14(9(2)23)18(25)22(15)16(19(26)27)17(8)28-11-6-12(21-7-11)10-3-4-20-13(24)5-10/h8-12,14-15,21,23H,3-7H2,1-2H3,(H,20,24)(H,26,27)/t8-,9-,10-,11+,12+,14-,15-/m1/s1. The molecule has 3 fully saturated rings. The van der Waals surface area contributed by atoms with Gasteiger partial charge in [0.05, 0.1) is 18.1 Å². The zero-order valence-corrected chi connectivity index (χ0v) is 16.9. The number of carbonyl (C=O) groups is 3. The van der Waals surface area contributed by atoms with Crippen molar-refractivity contribution >= 4 is 29.5 Å². The zero-order valence-electron chi connectivity index (χ0n) is 16.1. The molecule has 0 aromatic rings. The summed E-state index contributed by atoms with van der Waals surface area (Å²) in [7, 11) is 0. The molecule has 4 N–H and O–H groups in total. The summed E-state index contributed by atoms with van der Waals surface area (Å²) in [5.74, 6) is -1.60. The summed E-state index contributed by atoms with van der Waals surface area (Å²) in [6.45, 7) is 5.01. The summed E-state index contributed by atoms with van der Waals surface area (Å²) in [6.07, 6.45) is 1.59. The quantitative estimate of drug-likeness (QED) is 0.477. The molecule has 9 heteroatoms. The average Bonchev–Trinajstić information content (AvgIpc) is 3.18. The van der Waals surface area contributed by atoms with Gasteiger partial charge < -0.3 is 25.7 Å². The summed E-state index contributed by atoms with van der Waals surface area (Å²) in [6, 6.07) is -0.00805. The van der Waals surface area contributed by atoms with E-state index < -0.39 is 18.0 Å². The van der Waals surface area contributed by atoms with Gasteiger partial charge in [-0.1, -0.05) is 6.92 Å². The molecule has 28 heavy (non-hydrogen) atoms. The predicted molar refractivity (Wildman–Crippen MR) is 103 cm³/mol. The maximum Gasteiger partial charge on any atom is 0.353 e. The molecule has 0 unspecified atom stereocenters. The van der Waals surface area contributed by atoms with E-state index in [0.717, 1.165) is 24.3 Å². The molecular formula is C19H27N3O5S. The minimum Gasteiger partial charge on any atom is -0.477 e. The fourth-order valence-electron chi connectivity index (χ4n) is 5.19. The molecule has 0 aromatic heterocycles. The maximum atomic E-state index is 12.4. The molecule has 4 rings (SSSR count). The smallest absolute Gasteiger partial charge is 0.353 e. The zero-order chi connectivity index (χ0) is 20.2. The SMILES string of the molecule is C[C@@H](O)[C@H]1C(=O)N2C(C(=O)O)=C(S[C@@H]3CN[C@H]([C@@H]4CCNC(=O)C4)C3)[C@H](C)[C@H]12. The third-order valence-corrected chi connectivity index (χ3v) is 8.09. The number of aliphatic hydroxyl groups is 1. The van der Waals surface area contributed by atoms with Gasteiger partial charge in [0.2, 0.25) is 11.8 Å². The minimum atomic E-state index is -1.08. The number of carboxylic acids is 1. The van der Waals surface area contributed by atoms with Gasteiger partial charge in [-0.3, -0.25) is 9.59 Å². The Kier molecular flexibility index (Phi) is 5.18. The molecule has 4 aliphatic rings. The van der Waals surface area contributed by atoms with E-state index in [-0.39, 0.29) is 40.8 Å². The number of piperidine rings is 1. The van der Waals surface area contributed by atoms with Crippen molar-refractivity contribution in [2.24, 2.45) is 17.8 Å². The Morgan fingerprint density at radius 3 is 2.75 bits per heavy atom. The van der Waals surface area contributed by atoms with Crippen LogP contribution in [0.15, 0.2) is 10.6 Å². The predicted octanol–water partition coefficient (Wildman–Crippen LogP) is 0.130. The van der Waals surface area contributed by atoms with Crippen molar-refractivity contribution in [3.8, 4) is 0 Å². The average molecular weight is 410 g/mol. The Bertz CT molecular complexity index is 739.